The predicted octanol–water partition coefficient (Wildman–Crippen LogP) is 8.12. The highest BCUT2D eigenvalue weighted by Gasteiger charge is 2.27. The molecule has 8 heteroatoms. The molecule has 1 aromatic heterocycles. The SMILES string of the molecule is CCN1/C(=C/C=C/C=C/C2=CC(=C/c3sc4ccc(SOC)cc4[n+]3C)/CC(C)(C)C2)Oc2ccc(S(C)=O)cc21. The highest BCUT2D eigenvalue weighted by atomic mass is 32.2. The molecule has 0 amide bonds. The first-order valence-electron chi connectivity index (χ1n) is 13.7. The fourth-order valence-corrected chi connectivity index (χ4v) is 7.50. The van der Waals surface area contributed by atoms with E-state index in [0.717, 1.165) is 46.5 Å². The summed E-state index contributed by atoms with van der Waals surface area (Å²) < 4.78 is 26.8. The Kier molecular flexibility index (Phi) is 9.04. The van der Waals surface area contributed by atoms with Gasteiger partial charge in [0, 0.05) is 57.6 Å². The van der Waals surface area contributed by atoms with Gasteiger partial charge in [-0.1, -0.05) is 55.6 Å². The molecule has 1 unspecified atom stereocenters. The molecule has 5 nitrogen and oxygen atoms in total. The molecule has 0 bridgehead atoms. The van der Waals surface area contributed by atoms with Crippen LogP contribution in [0.5, 0.6) is 5.75 Å². The van der Waals surface area contributed by atoms with Crippen molar-refractivity contribution >= 4 is 56.2 Å². The van der Waals surface area contributed by atoms with Crippen molar-refractivity contribution in [3.63, 3.8) is 0 Å². The van der Waals surface area contributed by atoms with Gasteiger partial charge in [-0.2, -0.15) is 4.57 Å². The Balaban J connectivity index is 1.33. The topological polar surface area (TPSA) is 42.7 Å². The molecule has 3 aromatic rings. The Labute approximate surface area is 254 Å². The average molecular weight is 606 g/mol. The first-order valence-corrected chi connectivity index (χ1v) is 16.8. The molecule has 5 rings (SSSR count). The lowest BCUT2D eigenvalue weighted by Gasteiger charge is -2.30. The van der Waals surface area contributed by atoms with Crippen molar-refractivity contribution in [3.05, 3.63) is 94.9 Å². The van der Waals surface area contributed by atoms with E-state index in [1.165, 1.54) is 38.4 Å². The summed E-state index contributed by atoms with van der Waals surface area (Å²) in [6.07, 6.45) is 18.8. The molecule has 1 aliphatic carbocycles. The van der Waals surface area contributed by atoms with E-state index in [1.807, 2.05) is 47.8 Å². The summed E-state index contributed by atoms with van der Waals surface area (Å²) in [5, 5.41) is 1.24. The van der Waals surface area contributed by atoms with Gasteiger partial charge in [-0.25, -0.2) is 0 Å². The standard InChI is InChI=1S/C33H37N2O3S3/c1-7-35-27-20-26(41(6)36)14-15-29(27)38-31(35)12-10-8-9-11-23-17-24(22-33(2,3)21-23)18-32-34(4)28-19-25(40-37-5)13-16-30(28)39-32/h8-20H,7,21-22H2,1-6H3/q+1. The summed E-state index contributed by atoms with van der Waals surface area (Å²) in [4.78, 5) is 4.02. The normalized spacial score (nSPS) is 19.5. The van der Waals surface area contributed by atoms with Crippen molar-refractivity contribution in [2.24, 2.45) is 12.5 Å². The molecular formula is C33H37N2O3S3+. The second-order valence-electron chi connectivity index (χ2n) is 11.0. The molecule has 0 N–H and O–H groups in total. The molecule has 2 aliphatic rings. The van der Waals surface area contributed by atoms with Crippen molar-refractivity contribution in [3.8, 4) is 5.75 Å². The summed E-state index contributed by atoms with van der Waals surface area (Å²) >= 11 is 3.21. The van der Waals surface area contributed by atoms with Crippen LogP contribution in [0.2, 0.25) is 0 Å². The largest absolute Gasteiger partial charge is 0.439 e. The first-order chi connectivity index (χ1) is 19.7. The predicted molar refractivity (Wildman–Crippen MR) is 174 cm³/mol. The minimum Gasteiger partial charge on any atom is -0.439 e. The molecule has 0 saturated heterocycles. The molecule has 41 heavy (non-hydrogen) atoms. The average Bonchev–Trinajstić information content (AvgIpc) is 3.43. The smallest absolute Gasteiger partial charge is 0.262 e. The third-order valence-electron chi connectivity index (χ3n) is 7.18. The van der Waals surface area contributed by atoms with Crippen LogP contribution in [-0.4, -0.2) is 24.1 Å². The van der Waals surface area contributed by atoms with Gasteiger partial charge in [0.15, 0.2) is 5.75 Å². The van der Waals surface area contributed by atoms with E-state index in [0.29, 0.717) is 0 Å². The summed E-state index contributed by atoms with van der Waals surface area (Å²) in [7, 11) is 2.81. The molecule has 0 fully saturated rings. The van der Waals surface area contributed by atoms with E-state index >= 15 is 0 Å². The van der Waals surface area contributed by atoms with E-state index < -0.39 is 10.8 Å². The number of benzene rings is 2. The van der Waals surface area contributed by atoms with Crippen LogP contribution in [0.25, 0.3) is 16.3 Å². The molecule has 0 spiro atoms. The quantitative estimate of drug-likeness (QED) is 0.147. The number of ether oxygens (including phenoxy) is 1. The summed E-state index contributed by atoms with van der Waals surface area (Å²) in [6, 6.07) is 12.2. The van der Waals surface area contributed by atoms with Gasteiger partial charge < -0.3 is 13.8 Å². The summed E-state index contributed by atoms with van der Waals surface area (Å²) in [5.41, 5.74) is 5.05. The molecule has 0 radical (unpaired) electrons. The number of allylic oxidation sites excluding steroid dienone is 8. The van der Waals surface area contributed by atoms with Gasteiger partial charge in [0.25, 0.3) is 5.01 Å². The molecule has 0 saturated carbocycles. The minimum atomic E-state index is -1.03. The number of hydrogen-bond donors (Lipinski definition) is 0. The van der Waals surface area contributed by atoms with Crippen LogP contribution in [0.3, 0.4) is 0 Å². The highest BCUT2D eigenvalue weighted by Crippen LogP contribution is 2.41. The first kappa shape index (κ1) is 29.6. The van der Waals surface area contributed by atoms with Gasteiger partial charge in [0.05, 0.1) is 12.8 Å². The maximum absolute atomic E-state index is 11.9. The van der Waals surface area contributed by atoms with E-state index in [4.69, 9.17) is 8.92 Å². The van der Waals surface area contributed by atoms with Crippen LogP contribution in [0.1, 0.15) is 38.6 Å². The molecule has 1 atom stereocenters. The second-order valence-corrected chi connectivity index (χ2v) is 14.4. The van der Waals surface area contributed by atoms with Crippen LogP contribution < -0.4 is 14.2 Å². The van der Waals surface area contributed by atoms with Crippen molar-refractivity contribution in [1.82, 2.24) is 0 Å². The zero-order chi connectivity index (χ0) is 29.1. The molecule has 2 aromatic carbocycles. The zero-order valence-corrected chi connectivity index (χ0v) is 26.9. The van der Waals surface area contributed by atoms with Crippen LogP contribution >= 0.6 is 23.4 Å². The fourth-order valence-electron chi connectivity index (χ4n) is 5.38. The highest BCUT2D eigenvalue weighted by molar-refractivity contribution is 7.94. The number of fused-ring (bicyclic) bond motifs is 2. The Bertz CT molecular complexity index is 1640. The number of thiazole rings is 1. The Morgan fingerprint density at radius 1 is 1.17 bits per heavy atom. The van der Waals surface area contributed by atoms with Crippen molar-refractivity contribution < 1.29 is 17.7 Å². The number of rotatable bonds is 8. The number of aromatic nitrogens is 1. The molecule has 2 heterocycles. The second kappa shape index (κ2) is 12.5. The fraction of sp³-hybridized carbons (Fsp3) is 0.303. The van der Waals surface area contributed by atoms with E-state index in [1.54, 1.807) is 13.4 Å². The maximum atomic E-state index is 11.9. The monoisotopic (exact) mass is 605 g/mol. The third kappa shape index (κ3) is 6.78. The van der Waals surface area contributed by atoms with Gasteiger partial charge in [0.1, 0.15) is 11.7 Å². The van der Waals surface area contributed by atoms with Crippen molar-refractivity contribution in [1.29, 1.82) is 0 Å². The Hall–Kier alpha value is -2.91. The molecule has 1 aliphatic heterocycles. The van der Waals surface area contributed by atoms with Crippen molar-refractivity contribution in [2.75, 3.05) is 24.8 Å². The number of hydrogen-bond acceptors (Lipinski definition) is 6. The lowest BCUT2D eigenvalue weighted by atomic mass is 9.75. The molecule has 214 valence electrons. The van der Waals surface area contributed by atoms with Crippen molar-refractivity contribution in [2.45, 2.75) is 43.4 Å². The minimum absolute atomic E-state index is 0.190. The summed E-state index contributed by atoms with van der Waals surface area (Å²) in [5.74, 6) is 1.57. The van der Waals surface area contributed by atoms with Crippen LogP contribution in [-0.2, 0) is 22.0 Å². The summed E-state index contributed by atoms with van der Waals surface area (Å²) in [6.45, 7) is 7.54. The van der Waals surface area contributed by atoms with Gasteiger partial charge >= 0.3 is 0 Å². The van der Waals surface area contributed by atoms with Crippen LogP contribution in [0, 0.1) is 5.41 Å². The zero-order valence-electron chi connectivity index (χ0n) is 24.5. The lowest BCUT2D eigenvalue weighted by Crippen LogP contribution is -2.29. The number of nitrogens with zero attached hydrogens (tertiary/aromatic N) is 2. The van der Waals surface area contributed by atoms with Crippen LogP contribution in [0.15, 0.2) is 99.7 Å². The van der Waals surface area contributed by atoms with Gasteiger partial charge in [0.2, 0.25) is 11.4 Å². The van der Waals surface area contributed by atoms with E-state index in [9.17, 15) is 4.21 Å². The third-order valence-corrected chi connectivity index (χ3v) is 9.88. The Morgan fingerprint density at radius 3 is 2.76 bits per heavy atom. The van der Waals surface area contributed by atoms with Crippen LogP contribution in [0.4, 0.5) is 5.69 Å². The maximum Gasteiger partial charge on any atom is 0.262 e. The van der Waals surface area contributed by atoms with Gasteiger partial charge in [-0.05, 0) is 72.7 Å². The van der Waals surface area contributed by atoms with E-state index in [-0.39, 0.29) is 5.41 Å². The lowest BCUT2D eigenvalue weighted by molar-refractivity contribution is -0.642. The van der Waals surface area contributed by atoms with Gasteiger partial charge in [-0.3, -0.25) is 4.21 Å². The van der Waals surface area contributed by atoms with E-state index in [2.05, 4.69) is 79.8 Å². The Morgan fingerprint density at radius 2 is 2.00 bits per heavy atom. The van der Waals surface area contributed by atoms with Gasteiger partial charge in [-0.15, -0.1) is 0 Å². The number of aryl methyl sites for hydroxylation is 1. The molecular weight excluding hydrogens is 569 g/mol. The number of anilines is 1.